The fourth-order valence-corrected chi connectivity index (χ4v) is 2.99. The van der Waals surface area contributed by atoms with E-state index in [1.165, 1.54) is 24.4 Å². The maximum absolute atomic E-state index is 12.7. The number of fused-ring (bicyclic) bond motifs is 1. The Bertz CT molecular complexity index is 1110. The van der Waals surface area contributed by atoms with Crippen molar-refractivity contribution in [2.75, 3.05) is 5.32 Å². The lowest BCUT2D eigenvalue weighted by Gasteiger charge is -2.09. The lowest BCUT2D eigenvalue weighted by atomic mass is 10.1. The maximum atomic E-state index is 12.7. The van der Waals surface area contributed by atoms with Crippen molar-refractivity contribution in [2.45, 2.75) is 12.7 Å². The number of hydrogen-bond donors (Lipinski definition) is 1. The summed E-state index contributed by atoms with van der Waals surface area (Å²) in [6.45, 7) is 0.358. The van der Waals surface area contributed by atoms with Crippen LogP contribution in [0.1, 0.15) is 21.7 Å². The average Bonchev–Trinajstić information content (AvgIpc) is 3.31. The molecule has 0 aliphatic rings. The largest absolute Gasteiger partial charge is 0.416 e. The minimum atomic E-state index is -4.36. The fourth-order valence-electron chi connectivity index (χ4n) is 2.99. The van der Waals surface area contributed by atoms with Crippen LogP contribution in [-0.2, 0) is 12.7 Å². The highest BCUT2D eigenvalue weighted by molar-refractivity contribution is 6.07. The number of para-hydroxylation sites is 1. The molecule has 4 rings (SSSR count). The number of hydrogen-bond acceptors (Lipinski definition) is 3. The standard InChI is InChI=1S/C20H14F3N3O2/c21-20(22,23)14-7-5-13(6-8-14)11-26-12-16(15-3-1-2-4-17(15)26)25-19(27)18-9-10-24-28-18/h1-10,12H,11H2,(H,25,27). The number of alkyl halides is 3. The average molecular weight is 385 g/mol. The molecule has 0 unspecified atom stereocenters. The molecule has 0 aliphatic heterocycles. The zero-order chi connectivity index (χ0) is 19.7. The molecule has 0 saturated heterocycles. The molecule has 2 aromatic carbocycles. The molecule has 2 aromatic heterocycles. The second kappa shape index (κ2) is 6.88. The summed E-state index contributed by atoms with van der Waals surface area (Å²) in [4.78, 5) is 12.3. The van der Waals surface area contributed by atoms with Gasteiger partial charge in [-0.05, 0) is 23.8 Å². The first-order valence-corrected chi connectivity index (χ1v) is 8.38. The molecule has 1 N–H and O–H groups in total. The molecule has 142 valence electrons. The van der Waals surface area contributed by atoms with Crippen LogP contribution in [0.3, 0.4) is 0 Å². The Balaban J connectivity index is 1.63. The molecule has 0 aliphatic carbocycles. The van der Waals surface area contributed by atoms with Gasteiger partial charge < -0.3 is 14.4 Å². The van der Waals surface area contributed by atoms with E-state index < -0.39 is 17.6 Å². The Morgan fingerprint density at radius 3 is 2.50 bits per heavy atom. The highest BCUT2D eigenvalue weighted by Gasteiger charge is 2.29. The summed E-state index contributed by atoms with van der Waals surface area (Å²) in [5.74, 6) is -0.352. The van der Waals surface area contributed by atoms with Crippen LogP contribution in [0.4, 0.5) is 18.9 Å². The number of amides is 1. The first kappa shape index (κ1) is 17.8. The summed E-state index contributed by atoms with van der Waals surface area (Å²) in [7, 11) is 0. The second-order valence-corrected chi connectivity index (χ2v) is 6.21. The van der Waals surface area contributed by atoms with Gasteiger partial charge in [0.2, 0.25) is 5.76 Å². The van der Waals surface area contributed by atoms with Crippen molar-refractivity contribution in [1.29, 1.82) is 0 Å². The monoisotopic (exact) mass is 385 g/mol. The van der Waals surface area contributed by atoms with Gasteiger partial charge in [-0.25, -0.2) is 0 Å². The number of nitrogens with one attached hydrogen (secondary N) is 1. The predicted octanol–water partition coefficient (Wildman–Crippen LogP) is 4.95. The zero-order valence-electron chi connectivity index (χ0n) is 14.4. The molecular formula is C20H14F3N3O2. The van der Waals surface area contributed by atoms with Gasteiger partial charge in [-0.2, -0.15) is 13.2 Å². The third-order valence-electron chi connectivity index (χ3n) is 4.33. The van der Waals surface area contributed by atoms with Crippen LogP contribution in [0.2, 0.25) is 0 Å². The number of carbonyl (C=O) groups excluding carboxylic acids is 1. The Morgan fingerprint density at radius 1 is 1.07 bits per heavy atom. The first-order valence-electron chi connectivity index (χ1n) is 8.38. The molecule has 0 radical (unpaired) electrons. The van der Waals surface area contributed by atoms with E-state index in [0.29, 0.717) is 17.8 Å². The van der Waals surface area contributed by atoms with Gasteiger partial charge in [0.25, 0.3) is 5.91 Å². The predicted molar refractivity (Wildman–Crippen MR) is 96.9 cm³/mol. The summed E-state index contributed by atoms with van der Waals surface area (Å²) in [5.41, 5.74) is 1.44. The summed E-state index contributed by atoms with van der Waals surface area (Å²) < 4.78 is 44.9. The highest BCUT2D eigenvalue weighted by atomic mass is 19.4. The van der Waals surface area contributed by atoms with Gasteiger partial charge in [0.05, 0.1) is 23.0 Å². The number of benzene rings is 2. The number of aromatic nitrogens is 2. The summed E-state index contributed by atoms with van der Waals surface area (Å²) in [6.07, 6.45) is -1.24. The minimum Gasteiger partial charge on any atom is -0.351 e. The van der Waals surface area contributed by atoms with E-state index in [1.54, 1.807) is 6.20 Å². The van der Waals surface area contributed by atoms with Crippen LogP contribution in [0.5, 0.6) is 0 Å². The van der Waals surface area contributed by atoms with Crippen molar-refractivity contribution >= 4 is 22.5 Å². The molecule has 5 nitrogen and oxygen atoms in total. The quantitative estimate of drug-likeness (QED) is 0.541. The Labute approximate surface area is 157 Å². The van der Waals surface area contributed by atoms with Crippen molar-refractivity contribution in [1.82, 2.24) is 9.72 Å². The van der Waals surface area contributed by atoms with E-state index in [-0.39, 0.29) is 5.76 Å². The molecule has 0 atom stereocenters. The lowest BCUT2D eigenvalue weighted by molar-refractivity contribution is -0.137. The van der Waals surface area contributed by atoms with Crippen molar-refractivity contribution in [3.63, 3.8) is 0 Å². The number of anilines is 1. The van der Waals surface area contributed by atoms with E-state index in [1.807, 2.05) is 28.8 Å². The van der Waals surface area contributed by atoms with E-state index in [4.69, 9.17) is 4.52 Å². The summed E-state index contributed by atoms with van der Waals surface area (Å²) >= 11 is 0. The van der Waals surface area contributed by atoms with Crippen LogP contribution >= 0.6 is 0 Å². The molecule has 8 heteroatoms. The normalized spacial score (nSPS) is 11.7. The minimum absolute atomic E-state index is 0.0829. The fraction of sp³-hybridized carbons (Fsp3) is 0.100. The summed E-state index contributed by atoms with van der Waals surface area (Å²) in [5, 5.41) is 7.10. The molecular weight excluding hydrogens is 371 g/mol. The van der Waals surface area contributed by atoms with Gasteiger partial charge >= 0.3 is 6.18 Å². The summed E-state index contributed by atoms with van der Waals surface area (Å²) in [6, 6.07) is 13.9. The van der Waals surface area contributed by atoms with E-state index in [9.17, 15) is 18.0 Å². The molecule has 0 saturated carbocycles. The van der Waals surface area contributed by atoms with Gasteiger partial charge in [-0.15, -0.1) is 0 Å². The topological polar surface area (TPSA) is 60.1 Å². The van der Waals surface area contributed by atoms with Gasteiger partial charge in [0.1, 0.15) is 0 Å². The van der Waals surface area contributed by atoms with Crippen molar-refractivity contribution < 1.29 is 22.5 Å². The molecule has 28 heavy (non-hydrogen) atoms. The Morgan fingerprint density at radius 2 is 1.82 bits per heavy atom. The molecule has 4 aromatic rings. The van der Waals surface area contributed by atoms with Gasteiger partial charge in [0, 0.05) is 24.2 Å². The third kappa shape index (κ3) is 3.48. The number of halogens is 3. The van der Waals surface area contributed by atoms with Crippen LogP contribution in [-0.4, -0.2) is 15.6 Å². The molecule has 2 heterocycles. The highest BCUT2D eigenvalue weighted by Crippen LogP contribution is 2.30. The maximum Gasteiger partial charge on any atom is 0.416 e. The van der Waals surface area contributed by atoms with Gasteiger partial charge in [-0.1, -0.05) is 35.5 Å². The van der Waals surface area contributed by atoms with Crippen LogP contribution in [0.15, 0.2) is 71.5 Å². The van der Waals surface area contributed by atoms with Crippen molar-refractivity contribution in [3.05, 3.63) is 83.9 Å². The van der Waals surface area contributed by atoms with Crippen molar-refractivity contribution in [3.8, 4) is 0 Å². The van der Waals surface area contributed by atoms with E-state index >= 15 is 0 Å². The number of rotatable bonds is 4. The molecule has 0 bridgehead atoms. The van der Waals surface area contributed by atoms with Crippen LogP contribution in [0.25, 0.3) is 10.9 Å². The second-order valence-electron chi connectivity index (χ2n) is 6.21. The van der Waals surface area contributed by atoms with Gasteiger partial charge in [-0.3, -0.25) is 4.79 Å². The SMILES string of the molecule is O=C(Nc1cn(Cc2ccc(C(F)(F)F)cc2)c2ccccc12)c1ccno1. The zero-order valence-corrected chi connectivity index (χ0v) is 14.4. The third-order valence-corrected chi connectivity index (χ3v) is 4.33. The molecule has 0 spiro atoms. The first-order chi connectivity index (χ1) is 13.4. The lowest BCUT2D eigenvalue weighted by Crippen LogP contribution is -2.10. The Kier molecular flexibility index (Phi) is 4.38. The number of carbonyl (C=O) groups is 1. The van der Waals surface area contributed by atoms with Crippen LogP contribution < -0.4 is 5.32 Å². The van der Waals surface area contributed by atoms with Crippen LogP contribution in [0, 0.1) is 0 Å². The molecule has 0 fully saturated rings. The van der Waals surface area contributed by atoms with E-state index in [2.05, 4.69) is 10.5 Å². The van der Waals surface area contributed by atoms with Gasteiger partial charge in [0.15, 0.2) is 0 Å². The Hall–Kier alpha value is -3.55. The molecule has 1 amide bonds. The van der Waals surface area contributed by atoms with E-state index in [0.717, 1.165) is 23.0 Å². The number of nitrogens with zero attached hydrogens (tertiary/aromatic N) is 2. The smallest absolute Gasteiger partial charge is 0.351 e. The van der Waals surface area contributed by atoms with Crippen molar-refractivity contribution in [2.24, 2.45) is 0 Å².